The van der Waals surface area contributed by atoms with Crippen LogP contribution < -0.4 is 5.32 Å². The number of nitrogens with one attached hydrogen (secondary N) is 1. The average molecular weight is 242 g/mol. The lowest BCUT2D eigenvalue weighted by Gasteiger charge is -2.03. The second-order valence-corrected chi connectivity index (χ2v) is 4.89. The molecule has 0 fully saturated rings. The molecule has 0 saturated heterocycles. The van der Waals surface area contributed by atoms with Crippen molar-refractivity contribution in [3.63, 3.8) is 0 Å². The summed E-state index contributed by atoms with van der Waals surface area (Å²) in [6, 6.07) is 2.39. The van der Waals surface area contributed by atoms with Crippen LogP contribution in [0.2, 0.25) is 0 Å². The van der Waals surface area contributed by atoms with E-state index in [1.165, 1.54) is 0 Å². The Bertz CT molecular complexity index is 467. The number of alkyl halides is 1. The van der Waals surface area contributed by atoms with Crippen molar-refractivity contribution in [1.82, 2.24) is 9.97 Å². The maximum absolute atomic E-state index is 5.72. The third-order valence-electron chi connectivity index (χ3n) is 1.88. The van der Waals surface area contributed by atoms with Crippen LogP contribution in [0.15, 0.2) is 12.3 Å². The third kappa shape index (κ3) is 2.38. The quantitative estimate of drug-likeness (QED) is 0.839. The molecule has 0 atom stereocenters. The van der Waals surface area contributed by atoms with Crippen molar-refractivity contribution in [3.05, 3.63) is 18.0 Å². The van der Waals surface area contributed by atoms with Gasteiger partial charge in [0.1, 0.15) is 5.52 Å². The Morgan fingerprint density at radius 3 is 3.00 bits per heavy atom. The molecule has 0 bridgehead atoms. The number of nitrogens with zero attached hydrogens (tertiary/aromatic N) is 2. The van der Waals surface area contributed by atoms with Gasteiger partial charge in [-0.15, -0.1) is 11.6 Å². The molecule has 0 spiro atoms. The SMILES string of the molecule is CC(C)Nc1nc2cnc(CCl)cc2s1. The van der Waals surface area contributed by atoms with Crippen LogP contribution >= 0.6 is 22.9 Å². The highest BCUT2D eigenvalue weighted by molar-refractivity contribution is 7.22. The highest BCUT2D eigenvalue weighted by Gasteiger charge is 2.05. The number of hydrogen-bond donors (Lipinski definition) is 1. The van der Waals surface area contributed by atoms with Crippen molar-refractivity contribution in [2.45, 2.75) is 25.8 Å². The predicted octanol–water partition coefficient (Wildman–Crippen LogP) is 3.25. The number of rotatable bonds is 3. The minimum Gasteiger partial charge on any atom is -0.359 e. The Balaban J connectivity index is 2.37. The lowest BCUT2D eigenvalue weighted by atomic mass is 10.4. The van der Waals surface area contributed by atoms with Gasteiger partial charge >= 0.3 is 0 Å². The van der Waals surface area contributed by atoms with Gasteiger partial charge in [0, 0.05) is 6.04 Å². The Morgan fingerprint density at radius 1 is 1.53 bits per heavy atom. The normalized spacial score (nSPS) is 11.2. The maximum atomic E-state index is 5.72. The first-order chi connectivity index (χ1) is 7.19. The van der Waals surface area contributed by atoms with E-state index >= 15 is 0 Å². The van der Waals surface area contributed by atoms with Gasteiger partial charge in [-0.3, -0.25) is 4.98 Å². The number of hydrogen-bond acceptors (Lipinski definition) is 4. The predicted molar refractivity (Wildman–Crippen MR) is 65.7 cm³/mol. The zero-order valence-corrected chi connectivity index (χ0v) is 10.2. The zero-order chi connectivity index (χ0) is 10.8. The van der Waals surface area contributed by atoms with Crippen molar-refractivity contribution in [2.24, 2.45) is 0 Å². The number of pyridine rings is 1. The van der Waals surface area contributed by atoms with Crippen LogP contribution in [0.1, 0.15) is 19.5 Å². The first kappa shape index (κ1) is 10.6. The molecule has 5 heteroatoms. The first-order valence-electron chi connectivity index (χ1n) is 4.77. The number of aromatic nitrogens is 2. The van der Waals surface area contributed by atoms with Gasteiger partial charge in [0.25, 0.3) is 0 Å². The van der Waals surface area contributed by atoms with Crippen molar-refractivity contribution in [2.75, 3.05) is 5.32 Å². The molecule has 2 aromatic heterocycles. The fourth-order valence-corrected chi connectivity index (χ4v) is 2.45. The first-order valence-corrected chi connectivity index (χ1v) is 6.12. The molecule has 0 radical (unpaired) electrons. The highest BCUT2D eigenvalue weighted by atomic mass is 35.5. The van der Waals surface area contributed by atoms with Gasteiger partial charge in [-0.05, 0) is 19.9 Å². The fourth-order valence-electron chi connectivity index (χ4n) is 1.25. The molecule has 0 amide bonds. The van der Waals surface area contributed by atoms with Crippen molar-refractivity contribution < 1.29 is 0 Å². The van der Waals surface area contributed by atoms with Gasteiger partial charge in [0.05, 0.1) is 22.5 Å². The molecule has 0 aromatic carbocycles. The smallest absolute Gasteiger partial charge is 0.184 e. The number of halogens is 1. The molecule has 2 aromatic rings. The van der Waals surface area contributed by atoms with Gasteiger partial charge in [-0.2, -0.15) is 0 Å². The molecule has 0 aliphatic rings. The van der Waals surface area contributed by atoms with Gasteiger partial charge in [-0.1, -0.05) is 11.3 Å². The number of anilines is 1. The summed E-state index contributed by atoms with van der Waals surface area (Å²) < 4.78 is 1.13. The molecule has 0 aliphatic heterocycles. The summed E-state index contributed by atoms with van der Waals surface area (Å²) in [4.78, 5) is 8.63. The second-order valence-electron chi connectivity index (χ2n) is 3.60. The lowest BCUT2D eigenvalue weighted by Crippen LogP contribution is -2.08. The topological polar surface area (TPSA) is 37.8 Å². The molecule has 0 unspecified atom stereocenters. The van der Waals surface area contributed by atoms with E-state index in [1.54, 1.807) is 17.5 Å². The summed E-state index contributed by atoms with van der Waals surface area (Å²) in [5.41, 5.74) is 1.82. The fraction of sp³-hybridized carbons (Fsp3) is 0.400. The molecular weight excluding hydrogens is 230 g/mol. The standard InChI is InChI=1S/C10H12ClN3S/c1-6(2)13-10-14-8-5-12-7(4-11)3-9(8)15-10/h3,5-6H,4H2,1-2H3,(H,13,14). The summed E-state index contributed by atoms with van der Waals surface area (Å²) in [5, 5.41) is 4.22. The van der Waals surface area contributed by atoms with Crippen LogP contribution in [0.25, 0.3) is 10.2 Å². The Hall–Kier alpha value is -0.870. The second kappa shape index (κ2) is 4.33. The number of thiazole rings is 1. The summed E-state index contributed by atoms with van der Waals surface area (Å²) in [6.07, 6.45) is 1.77. The van der Waals surface area contributed by atoms with Gasteiger partial charge in [0.15, 0.2) is 5.13 Å². The van der Waals surface area contributed by atoms with Crippen molar-refractivity contribution in [3.8, 4) is 0 Å². The van der Waals surface area contributed by atoms with Crippen LogP contribution in [0.4, 0.5) is 5.13 Å². The monoisotopic (exact) mass is 241 g/mol. The van der Waals surface area contributed by atoms with E-state index in [9.17, 15) is 0 Å². The van der Waals surface area contributed by atoms with E-state index < -0.39 is 0 Å². The average Bonchev–Trinajstić information content (AvgIpc) is 2.57. The summed E-state index contributed by atoms with van der Waals surface area (Å²) >= 11 is 7.36. The molecule has 0 aliphatic carbocycles. The number of fused-ring (bicyclic) bond motifs is 1. The van der Waals surface area contributed by atoms with E-state index in [1.807, 2.05) is 6.07 Å². The summed E-state index contributed by atoms with van der Waals surface area (Å²) in [7, 11) is 0. The van der Waals surface area contributed by atoms with Crippen molar-refractivity contribution in [1.29, 1.82) is 0 Å². The Morgan fingerprint density at radius 2 is 2.33 bits per heavy atom. The van der Waals surface area contributed by atoms with E-state index in [-0.39, 0.29) is 0 Å². The zero-order valence-electron chi connectivity index (χ0n) is 8.62. The molecule has 1 N–H and O–H groups in total. The third-order valence-corrected chi connectivity index (χ3v) is 3.10. The van der Waals surface area contributed by atoms with Crippen LogP contribution in [0.3, 0.4) is 0 Å². The maximum Gasteiger partial charge on any atom is 0.184 e. The van der Waals surface area contributed by atoms with E-state index in [4.69, 9.17) is 11.6 Å². The van der Waals surface area contributed by atoms with E-state index in [0.29, 0.717) is 11.9 Å². The van der Waals surface area contributed by atoms with Crippen LogP contribution in [0.5, 0.6) is 0 Å². The van der Waals surface area contributed by atoms with Gasteiger partial charge in [-0.25, -0.2) is 4.98 Å². The molecule has 2 heterocycles. The van der Waals surface area contributed by atoms with E-state index in [0.717, 1.165) is 21.0 Å². The van der Waals surface area contributed by atoms with Crippen molar-refractivity contribution >= 4 is 38.3 Å². The minimum absolute atomic E-state index is 0.394. The summed E-state index contributed by atoms with van der Waals surface area (Å²) in [5.74, 6) is 0.445. The Kier molecular flexibility index (Phi) is 3.07. The molecule has 3 nitrogen and oxygen atoms in total. The minimum atomic E-state index is 0.394. The lowest BCUT2D eigenvalue weighted by molar-refractivity contribution is 0.897. The molecular formula is C10H12ClN3S. The Labute approximate surface area is 97.5 Å². The molecule has 0 saturated carbocycles. The van der Waals surface area contributed by atoms with Crippen LogP contribution in [-0.2, 0) is 5.88 Å². The highest BCUT2D eigenvalue weighted by Crippen LogP contribution is 2.26. The molecule has 15 heavy (non-hydrogen) atoms. The molecule has 2 rings (SSSR count). The van der Waals surface area contributed by atoms with E-state index in [2.05, 4.69) is 29.1 Å². The van der Waals surface area contributed by atoms with Gasteiger partial charge < -0.3 is 5.32 Å². The van der Waals surface area contributed by atoms with Gasteiger partial charge in [0.2, 0.25) is 0 Å². The van der Waals surface area contributed by atoms with Crippen LogP contribution in [0, 0.1) is 0 Å². The molecule has 80 valence electrons. The largest absolute Gasteiger partial charge is 0.359 e. The summed E-state index contributed by atoms with van der Waals surface area (Å²) in [6.45, 7) is 4.18. The van der Waals surface area contributed by atoms with Crippen LogP contribution in [-0.4, -0.2) is 16.0 Å².